The first-order chi connectivity index (χ1) is 12.1. The van der Waals surface area contributed by atoms with Crippen molar-refractivity contribution in [3.63, 3.8) is 0 Å². The molecular formula is C18H18O7. The van der Waals surface area contributed by atoms with Crippen LogP contribution in [0.5, 0.6) is 5.75 Å². The number of fused-ring (bicyclic) bond motifs is 1. The first-order valence-electron chi connectivity index (χ1n) is 8.28. The summed E-state index contributed by atoms with van der Waals surface area (Å²) in [4.78, 5) is 24.5. The van der Waals surface area contributed by atoms with Crippen LogP contribution in [0.4, 0.5) is 0 Å². The summed E-state index contributed by atoms with van der Waals surface area (Å²) in [7, 11) is 0. The van der Waals surface area contributed by atoms with Crippen molar-refractivity contribution in [2.45, 2.75) is 32.0 Å². The molecule has 2 atom stereocenters. The Morgan fingerprint density at radius 2 is 1.84 bits per heavy atom. The van der Waals surface area contributed by atoms with Gasteiger partial charge in [0.15, 0.2) is 5.43 Å². The normalized spacial score (nSPS) is 21.3. The predicted molar refractivity (Wildman–Crippen MR) is 87.0 cm³/mol. The number of phenolic OH excluding ortho intramolecular Hbond substituents is 1. The van der Waals surface area contributed by atoms with Crippen molar-refractivity contribution in [1.82, 2.24) is 0 Å². The van der Waals surface area contributed by atoms with Gasteiger partial charge in [-0.2, -0.15) is 0 Å². The molecule has 0 spiro atoms. The van der Waals surface area contributed by atoms with Gasteiger partial charge < -0.3 is 23.7 Å². The van der Waals surface area contributed by atoms with Crippen molar-refractivity contribution >= 4 is 16.9 Å². The SMILES string of the molecule is CCOC(=O)c1cc(=O)c2c(O)c(C[C@@H]3CO3)cc(C[C@@H]3CO3)c2o1. The Hall–Kier alpha value is -2.38. The molecule has 7 heteroatoms. The van der Waals surface area contributed by atoms with Gasteiger partial charge in [-0.15, -0.1) is 0 Å². The van der Waals surface area contributed by atoms with Crippen LogP contribution < -0.4 is 5.43 Å². The van der Waals surface area contributed by atoms with Gasteiger partial charge in [-0.05, 0) is 24.1 Å². The molecule has 1 aromatic heterocycles. The summed E-state index contributed by atoms with van der Waals surface area (Å²) in [5.74, 6) is -0.991. The van der Waals surface area contributed by atoms with Crippen molar-refractivity contribution in [2.75, 3.05) is 19.8 Å². The minimum absolute atomic E-state index is 0.0642. The molecule has 3 heterocycles. The standard InChI is InChI=1S/C18H18O7/c1-2-22-18(21)14-6-13(19)15-16(20)9(4-11-7-23-11)3-10(17(15)25-14)5-12-8-24-12/h3,6,11-12,20H,2,4-5,7-8H2,1H3/t11-,12-/m1/s1. The molecule has 1 aromatic carbocycles. The highest BCUT2D eigenvalue weighted by atomic mass is 16.6. The summed E-state index contributed by atoms with van der Waals surface area (Å²) in [5, 5.41) is 10.6. The molecule has 0 aliphatic carbocycles. The second-order valence-electron chi connectivity index (χ2n) is 6.26. The lowest BCUT2D eigenvalue weighted by Gasteiger charge is -2.12. The number of phenols is 1. The average molecular weight is 346 g/mol. The molecule has 2 aliphatic rings. The van der Waals surface area contributed by atoms with E-state index in [1.54, 1.807) is 13.0 Å². The highest BCUT2D eigenvalue weighted by Gasteiger charge is 2.29. The minimum atomic E-state index is -0.704. The van der Waals surface area contributed by atoms with Crippen LogP contribution in [0.15, 0.2) is 21.3 Å². The molecule has 7 nitrogen and oxygen atoms in total. The topological polar surface area (TPSA) is 102 Å². The van der Waals surface area contributed by atoms with E-state index in [9.17, 15) is 14.7 Å². The first-order valence-corrected chi connectivity index (χ1v) is 8.28. The zero-order valence-corrected chi connectivity index (χ0v) is 13.7. The Morgan fingerprint density at radius 3 is 2.44 bits per heavy atom. The summed E-state index contributed by atoms with van der Waals surface area (Å²) >= 11 is 0. The maximum atomic E-state index is 12.5. The lowest BCUT2D eigenvalue weighted by Crippen LogP contribution is -2.12. The number of aromatic hydroxyl groups is 1. The van der Waals surface area contributed by atoms with E-state index in [-0.39, 0.29) is 41.3 Å². The van der Waals surface area contributed by atoms with Gasteiger partial charge in [-0.3, -0.25) is 4.79 Å². The van der Waals surface area contributed by atoms with Gasteiger partial charge in [0.2, 0.25) is 5.76 Å². The summed E-state index contributed by atoms with van der Waals surface area (Å²) in [6.07, 6.45) is 1.21. The Bertz CT molecular complexity index is 890. The molecule has 4 rings (SSSR count). The van der Waals surface area contributed by atoms with Crippen molar-refractivity contribution in [1.29, 1.82) is 0 Å². The monoisotopic (exact) mass is 346 g/mol. The van der Waals surface area contributed by atoms with Crippen molar-refractivity contribution in [2.24, 2.45) is 0 Å². The van der Waals surface area contributed by atoms with E-state index in [0.717, 1.165) is 11.6 Å². The van der Waals surface area contributed by atoms with Crippen molar-refractivity contribution in [3.05, 3.63) is 39.2 Å². The van der Waals surface area contributed by atoms with Gasteiger partial charge >= 0.3 is 5.97 Å². The Morgan fingerprint density at radius 1 is 1.20 bits per heavy atom. The van der Waals surface area contributed by atoms with E-state index >= 15 is 0 Å². The summed E-state index contributed by atoms with van der Waals surface area (Å²) in [6, 6.07) is 2.87. The van der Waals surface area contributed by atoms with Crippen LogP contribution in [-0.2, 0) is 27.1 Å². The van der Waals surface area contributed by atoms with E-state index in [1.807, 2.05) is 0 Å². The van der Waals surface area contributed by atoms with E-state index < -0.39 is 11.4 Å². The second-order valence-corrected chi connectivity index (χ2v) is 6.26. The number of ether oxygens (including phenoxy) is 3. The van der Waals surface area contributed by atoms with Gasteiger partial charge in [-0.1, -0.05) is 0 Å². The fourth-order valence-electron chi connectivity index (χ4n) is 2.92. The summed E-state index contributed by atoms with van der Waals surface area (Å²) < 4.78 is 21.1. The maximum Gasteiger partial charge on any atom is 0.374 e. The molecule has 25 heavy (non-hydrogen) atoms. The molecule has 2 saturated heterocycles. The first kappa shape index (κ1) is 16.1. The Kier molecular flexibility index (Phi) is 3.97. The number of benzene rings is 1. The molecule has 0 saturated carbocycles. The van der Waals surface area contributed by atoms with E-state index in [2.05, 4.69) is 0 Å². The Balaban J connectivity index is 1.87. The van der Waals surface area contributed by atoms with E-state index in [0.29, 0.717) is 31.6 Å². The van der Waals surface area contributed by atoms with Crippen molar-refractivity contribution in [3.8, 4) is 5.75 Å². The van der Waals surface area contributed by atoms with Gasteiger partial charge in [0.1, 0.15) is 16.7 Å². The highest BCUT2D eigenvalue weighted by molar-refractivity contribution is 5.92. The second kappa shape index (κ2) is 6.16. The molecule has 2 fully saturated rings. The molecule has 132 valence electrons. The van der Waals surface area contributed by atoms with E-state index in [4.69, 9.17) is 18.6 Å². The predicted octanol–water partition coefficient (Wildman–Crippen LogP) is 1.56. The van der Waals surface area contributed by atoms with Crippen LogP contribution in [0, 0.1) is 0 Å². The highest BCUT2D eigenvalue weighted by Crippen LogP contribution is 2.34. The third kappa shape index (κ3) is 3.25. The van der Waals surface area contributed by atoms with Crippen molar-refractivity contribution < 1.29 is 28.5 Å². The molecule has 0 radical (unpaired) electrons. The van der Waals surface area contributed by atoms with Gasteiger partial charge in [0.05, 0.1) is 32.0 Å². The lowest BCUT2D eigenvalue weighted by molar-refractivity contribution is 0.0490. The fraction of sp³-hybridized carbons (Fsp3) is 0.444. The molecule has 2 aromatic rings. The molecule has 0 amide bonds. The van der Waals surface area contributed by atoms with Gasteiger partial charge in [-0.25, -0.2) is 4.79 Å². The Labute approximate surface area is 143 Å². The third-order valence-corrected chi connectivity index (χ3v) is 4.31. The number of hydrogen-bond acceptors (Lipinski definition) is 7. The number of rotatable bonds is 6. The minimum Gasteiger partial charge on any atom is -0.507 e. The van der Waals surface area contributed by atoms with Crippen LogP contribution in [0.25, 0.3) is 11.0 Å². The average Bonchev–Trinajstić information content (AvgIpc) is 3.47. The number of hydrogen-bond donors (Lipinski definition) is 1. The quantitative estimate of drug-likeness (QED) is 0.625. The molecule has 0 bridgehead atoms. The number of esters is 1. The maximum absolute atomic E-state index is 12.5. The molecule has 0 unspecified atom stereocenters. The molecule has 2 aliphatic heterocycles. The van der Waals surface area contributed by atoms with Crippen LogP contribution in [-0.4, -0.2) is 43.1 Å². The summed E-state index contributed by atoms with van der Waals surface area (Å²) in [5.41, 5.74) is 1.11. The van der Waals surface area contributed by atoms with Gasteiger partial charge in [0, 0.05) is 18.9 Å². The van der Waals surface area contributed by atoms with Crippen LogP contribution in [0.3, 0.4) is 0 Å². The third-order valence-electron chi connectivity index (χ3n) is 4.31. The smallest absolute Gasteiger partial charge is 0.374 e. The molecular weight excluding hydrogens is 328 g/mol. The largest absolute Gasteiger partial charge is 0.507 e. The van der Waals surface area contributed by atoms with Crippen LogP contribution in [0.2, 0.25) is 0 Å². The van der Waals surface area contributed by atoms with E-state index in [1.165, 1.54) is 0 Å². The van der Waals surface area contributed by atoms with Crippen LogP contribution in [0.1, 0.15) is 28.6 Å². The summed E-state index contributed by atoms with van der Waals surface area (Å²) in [6.45, 7) is 3.14. The number of carbonyl (C=O) groups excluding carboxylic acids is 1. The van der Waals surface area contributed by atoms with Gasteiger partial charge in [0.25, 0.3) is 0 Å². The number of epoxide rings is 2. The molecule has 1 N–H and O–H groups in total. The lowest BCUT2D eigenvalue weighted by atomic mass is 9.98. The van der Waals surface area contributed by atoms with Crippen LogP contribution >= 0.6 is 0 Å². The number of carbonyl (C=O) groups is 1. The zero-order valence-electron chi connectivity index (χ0n) is 13.7. The fourth-order valence-corrected chi connectivity index (χ4v) is 2.92. The zero-order chi connectivity index (χ0) is 17.6.